The van der Waals surface area contributed by atoms with E-state index in [4.69, 9.17) is 0 Å². The predicted octanol–water partition coefficient (Wildman–Crippen LogP) is 2.28. The Morgan fingerprint density at radius 2 is 1.90 bits per heavy atom. The molecular weight excluding hydrogens is 284 g/mol. The molecule has 0 spiro atoms. The SMILES string of the molecule is CSCCN1C(=O)C(C(C)C)NC(=O)C1C1CCCCC1. The van der Waals surface area contributed by atoms with E-state index < -0.39 is 0 Å². The van der Waals surface area contributed by atoms with Crippen molar-refractivity contribution in [3.63, 3.8) is 0 Å². The van der Waals surface area contributed by atoms with E-state index in [1.165, 1.54) is 19.3 Å². The zero-order valence-electron chi connectivity index (χ0n) is 13.4. The molecule has 1 N–H and O–H groups in total. The van der Waals surface area contributed by atoms with Crippen molar-refractivity contribution in [1.29, 1.82) is 0 Å². The van der Waals surface area contributed by atoms with Crippen LogP contribution in [0.5, 0.6) is 0 Å². The molecule has 1 saturated heterocycles. The molecule has 0 aromatic rings. The molecule has 2 aliphatic rings. The first-order valence-electron chi connectivity index (χ1n) is 8.16. The summed E-state index contributed by atoms with van der Waals surface area (Å²) >= 11 is 1.73. The highest BCUT2D eigenvalue weighted by atomic mass is 32.2. The monoisotopic (exact) mass is 312 g/mol. The van der Waals surface area contributed by atoms with Gasteiger partial charge in [0.2, 0.25) is 11.8 Å². The van der Waals surface area contributed by atoms with E-state index in [0.29, 0.717) is 12.5 Å². The van der Waals surface area contributed by atoms with Crippen LogP contribution in [0.2, 0.25) is 0 Å². The number of hydrogen-bond acceptors (Lipinski definition) is 3. The van der Waals surface area contributed by atoms with Gasteiger partial charge in [-0.05, 0) is 30.9 Å². The number of carbonyl (C=O) groups is 2. The van der Waals surface area contributed by atoms with Crippen molar-refractivity contribution in [2.45, 2.75) is 58.0 Å². The van der Waals surface area contributed by atoms with Gasteiger partial charge in [0.15, 0.2) is 0 Å². The van der Waals surface area contributed by atoms with Crippen LogP contribution in [-0.4, -0.2) is 47.4 Å². The maximum absolute atomic E-state index is 12.8. The quantitative estimate of drug-likeness (QED) is 0.847. The maximum Gasteiger partial charge on any atom is 0.246 e. The third-order valence-electron chi connectivity index (χ3n) is 4.75. The van der Waals surface area contributed by atoms with Gasteiger partial charge in [-0.15, -0.1) is 0 Å². The van der Waals surface area contributed by atoms with E-state index in [-0.39, 0.29) is 29.8 Å². The molecule has 120 valence electrons. The van der Waals surface area contributed by atoms with Gasteiger partial charge < -0.3 is 10.2 Å². The predicted molar refractivity (Wildman–Crippen MR) is 87.2 cm³/mol. The normalized spacial score (nSPS) is 28.1. The van der Waals surface area contributed by atoms with E-state index in [1.807, 2.05) is 25.0 Å². The third kappa shape index (κ3) is 3.74. The second kappa shape index (κ2) is 7.52. The van der Waals surface area contributed by atoms with Gasteiger partial charge in [0, 0.05) is 12.3 Å². The second-order valence-electron chi connectivity index (χ2n) is 6.60. The molecular formula is C16H28N2O2S. The number of hydrogen-bond donors (Lipinski definition) is 1. The number of nitrogens with one attached hydrogen (secondary N) is 1. The Kier molecular flexibility index (Phi) is 5.97. The summed E-state index contributed by atoms with van der Waals surface area (Å²) in [6.45, 7) is 4.69. The van der Waals surface area contributed by atoms with Crippen molar-refractivity contribution in [2.24, 2.45) is 11.8 Å². The van der Waals surface area contributed by atoms with Crippen LogP contribution in [0.25, 0.3) is 0 Å². The molecule has 2 atom stereocenters. The molecule has 0 aromatic heterocycles. The number of amides is 2. The molecule has 1 heterocycles. The van der Waals surface area contributed by atoms with Gasteiger partial charge in [0.1, 0.15) is 12.1 Å². The summed E-state index contributed by atoms with van der Waals surface area (Å²) in [5.74, 6) is 1.58. The van der Waals surface area contributed by atoms with Crippen molar-refractivity contribution in [1.82, 2.24) is 10.2 Å². The van der Waals surface area contributed by atoms with Crippen LogP contribution in [0, 0.1) is 11.8 Å². The van der Waals surface area contributed by atoms with Crippen molar-refractivity contribution >= 4 is 23.6 Å². The maximum atomic E-state index is 12.8. The molecule has 0 bridgehead atoms. The molecule has 5 heteroatoms. The summed E-state index contributed by atoms with van der Waals surface area (Å²) in [6.07, 6.45) is 7.84. The van der Waals surface area contributed by atoms with Crippen LogP contribution in [0.4, 0.5) is 0 Å². The van der Waals surface area contributed by atoms with E-state index >= 15 is 0 Å². The minimum atomic E-state index is -0.348. The van der Waals surface area contributed by atoms with Crippen LogP contribution in [0.1, 0.15) is 46.0 Å². The molecule has 2 rings (SSSR count). The Labute approximate surface area is 132 Å². The summed E-state index contributed by atoms with van der Waals surface area (Å²) < 4.78 is 0. The van der Waals surface area contributed by atoms with Gasteiger partial charge >= 0.3 is 0 Å². The van der Waals surface area contributed by atoms with Crippen molar-refractivity contribution in [3.05, 3.63) is 0 Å². The first-order valence-corrected chi connectivity index (χ1v) is 9.55. The topological polar surface area (TPSA) is 49.4 Å². The van der Waals surface area contributed by atoms with Crippen molar-refractivity contribution < 1.29 is 9.59 Å². The van der Waals surface area contributed by atoms with E-state index in [0.717, 1.165) is 18.6 Å². The summed E-state index contributed by atoms with van der Waals surface area (Å²) in [4.78, 5) is 27.3. The Morgan fingerprint density at radius 3 is 2.48 bits per heavy atom. The molecule has 2 unspecified atom stereocenters. The van der Waals surface area contributed by atoms with E-state index in [9.17, 15) is 9.59 Å². The molecule has 0 radical (unpaired) electrons. The number of rotatable bonds is 5. The Balaban J connectivity index is 2.18. The molecule has 2 fully saturated rings. The summed E-state index contributed by atoms with van der Waals surface area (Å²) in [5.41, 5.74) is 0. The average Bonchev–Trinajstić information content (AvgIpc) is 2.48. The second-order valence-corrected chi connectivity index (χ2v) is 7.58. The summed E-state index contributed by atoms with van der Waals surface area (Å²) in [6, 6.07) is -0.584. The summed E-state index contributed by atoms with van der Waals surface area (Å²) in [7, 11) is 0. The molecule has 4 nitrogen and oxygen atoms in total. The Hall–Kier alpha value is -0.710. The number of piperazine rings is 1. The smallest absolute Gasteiger partial charge is 0.246 e. The zero-order chi connectivity index (χ0) is 15.4. The molecule has 21 heavy (non-hydrogen) atoms. The van der Waals surface area contributed by atoms with Crippen LogP contribution in [0.15, 0.2) is 0 Å². The highest BCUT2D eigenvalue weighted by molar-refractivity contribution is 7.98. The Bertz CT molecular complexity index is 380. The number of nitrogens with zero attached hydrogens (tertiary/aromatic N) is 1. The van der Waals surface area contributed by atoms with Crippen LogP contribution in [-0.2, 0) is 9.59 Å². The van der Waals surface area contributed by atoms with Gasteiger partial charge in [0.05, 0.1) is 0 Å². The molecule has 1 aliphatic heterocycles. The highest BCUT2D eigenvalue weighted by Gasteiger charge is 2.44. The fourth-order valence-corrected chi connectivity index (χ4v) is 3.95. The van der Waals surface area contributed by atoms with Gasteiger partial charge in [-0.2, -0.15) is 11.8 Å². The lowest BCUT2D eigenvalue weighted by atomic mass is 9.81. The van der Waals surface area contributed by atoms with Crippen molar-refractivity contribution in [3.8, 4) is 0 Å². The van der Waals surface area contributed by atoms with Crippen LogP contribution < -0.4 is 5.32 Å². The van der Waals surface area contributed by atoms with Gasteiger partial charge in [-0.1, -0.05) is 33.1 Å². The molecule has 1 aliphatic carbocycles. The largest absolute Gasteiger partial charge is 0.342 e. The Morgan fingerprint density at radius 1 is 1.24 bits per heavy atom. The lowest BCUT2D eigenvalue weighted by Gasteiger charge is -2.44. The number of carbonyl (C=O) groups excluding carboxylic acids is 2. The van der Waals surface area contributed by atoms with Crippen LogP contribution >= 0.6 is 11.8 Å². The minimum absolute atomic E-state index is 0.0707. The fraction of sp³-hybridized carbons (Fsp3) is 0.875. The zero-order valence-corrected chi connectivity index (χ0v) is 14.2. The van der Waals surface area contributed by atoms with Crippen molar-refractivity contribution in [2.75, 3.05) is 18.6 Å². The fourth-order valence-electron chi connectivity index (χ4n) is 3.57. The first-order chi connectivity index (χ1) is 10.1. The van der Waals surface area contributed by atoms with Gasteiger partial charge in [-0.3, -0.25) is 9.59 Å². The average molecular weight is 312 g/mol. The molecule has 2 amide bonds. The lowest BCUT2D eigenvalue weighted by molar-refractivity contribution is -0.153. The van der Waals surface area contributed by atoms with Gasteiger partial charge in [0.25, 0.3) is 0 Å². The van der Waals surface area contributed by atoms with Gasteiger partial charge in [-0.25, -0.2) is 0 Å². The third-order valence-corrected chi connectivity index (χ3v) is 5.34. The molecule has 0 aromatic carbocycles. The molecule has 1 saturated carbocycles. The van der Waals surface area contributed by atoms with E-state index in [1.54, 1.807) is 11.8 Å². The summed E-state index contributed by atoms with van der Waals surface area (Å²) in [5, 5.41) is 2.98. The number of thioether (sulfide) groups is 1. The lowest BCUT2D eigenvalue weighted by Crippen LogP contribution is -2.67. The first kappa shape index (κ1) is 16.7. The minimum Gasteiger partial charge on any atom is -0.342 e. The van der Waals surface area contributed by atoms with E-state index in [2.05, 4.69) is 5.32 Å². The highest BCUT2D eigenvalue weighted by Crippen LogP contribution is 2.31. The van der Waals surface area contributed by atoms with Crippen LogP contribution in [0.3, 0.4) is 0 Å². The standard InChI is InChI=1S/C16H28N2O2S/c1-11(2)13-16(20)18(9-10-21-3)14(15(19)17-13)12-7-5-4-6-8-12/h11-14H,4-10H2,1-3H3,(H,17,19).